The molecule has 43 heavy (non-hydrogen) atoms. The third kappa shape index (κ3) is 10.3. The minimum Gasteiger partial charge on any atom is -0.457 e. The Morgan fingerprint density at radius 2 is 1.51 bits per heavy atom. The number of ether oxygens (including phenoxy) is 1. The van der Waals surface area contributed by atoms with E-state index in [1.807, 2.05) is 29.2 Å². The van der Waals surface area contributed by atoms with Crippen LogP contribution in [0.3, 0.4) is 0 Å². The number of sulfonamides is 1. The van der Waals surface area contributed by atoms with E-state index in [0.717, 1.165) is 51.6 Å². The lowest BCUT2D eigenvalue weighted by Gasteiger charge is -2.38. The number of amides is 3. The van der Waals surface area contributed by atoms with Crippen molar-refractivity contribution < 1.29 is 22.7 Å². The van der Waals surface area contributed by atoms with Crippen LogP contribution in [-0.2, 0) is 21.4 Å². The molecule has 3 aromatic rings. The Hall–Kier alpha value is -4.09. The van der Waals surface area contributed by atoms with Gasteiger partial charge in [-0.3, -0.25) is 14.4 Å². The predicted molar refractivity (Wildman–Crippen MR) is 171 cm³/mol. The number of piperidine rings is 1. The normalized spacial score (nSPS) is 14.1. The summed E-state index contributed by atoms with van der Waals surface area (Å²) in [4.78, 5) is 29.1. The fourth-order valence-electron chi connectivity index (χ4n) is 5.10. The zero-order valence-electron chi connectivity index (χ0n) is 25.0. The molecular formula is C32H41N5O5S. The first-order valence-electron chi connectivity index (χ1n) is 14.6. The Labute approximate surface area is 254 Å². The summed E-state index contributed by atoms with van der Waals surface area (Å²) in [6, 6.07) is 22.0. The molecule has 0 radical (unpaired) electrons. The van der Waals surface area contributed by atoms with Gasteiger partial charge in [0.2, 0.25) is 15.9 Å². The van der Waals surface area contributed by atoms with Gasteiger partial charge < -0.3 is 20.3 Å². The number of hydrogen-bond donors (Lipinski definition) is 3. The monoisotopic (exact) mass is 607 g/mol. The molecule has 0 bridgehead atoms. The van der Waals surface area contributed by atoms with Gasteiger partial charge in [0.1, 0.15) is 11.5 Å². The molecule has 1 aliphatic rings. The molecule has 10 nitrogen and oxygen atoms in total. The maximum atomic E-state index is 13.3. The topological polar surface area (TPSA) is 120 Å². The molecule has 3 amide bonds. The molecule has 1 saturated heterocycles. The average Bonchev–Trinajstić information content (AvgIpc) is 2.95. The van der Waals surface area contributed by atoms with E-state index in [-0.39, 0.29) is 18.0 Å². The molecular weight excluding hydrogens is 566 g/mol. The summed E-state index contributed by atoms with van der Waals surface area (Å²) >= 11 is 0. The molecule has 230 valence electrons. The third-order valence-corrected chi connectivity index (χ3v) is 7.77. The van der Waals surface area contributed by atoms with Gasteiger partial charge >= 0.3 is 6.03 Å². The van der Waals surface area contributed by atoms with Gasteiger partial charge in [0, 0.05) is 56.2 Å². The number of nitrogens with zero attached hydrogens (tertiary/aromatic N) is 2. The summed E-state index contributed by atoms with van der Waals surface area (Å²) in [5, 5.41) is 5.79. The molecule has 0 aliphatic carbocycles. The first-order valence-corrected chi connectivity index (χ1v) is 16.5. The largest absolute Gasteiger partial charge is 0.457 e. The van der Waals surface area contributed by atoms with E-state index in [9.17, 15) is 18.0 Å². The molecule has 0 unspecified atom stereocenters. The smallest absolute Gasteiger partial charge is 0.322 e. The highest BCUT2D eigenvalue weighted by Crippen LogP contribution is 2.25. The number of anilines is 3. The summed E-state index contributed by atoms with van der Waals surface area (Å²) in [7, 11) is -3.32. The summed E-state index contributed by atoms with van der Waals surface area (Å²) in [5.74, 6) is 1.16. The van der Waals surface area contributed by atoms with E-state index in [0.29, 0.717) is 35.1 Å². The minimum absolute atomic E-state index is 0.108. The number of carbonyl (C=O) groups excluding carboxylic acids is 2. The van der Waals surface area contributed by atoms with E-state index in [1.165, 1.54) is 12.5 Å². The number of urea groups is 1. The Morgan fingerprint density at radius 3 is 2.09 bits per heavy atom. The standard InChI is InChI=1S/C32H41N5O5S/c1-4-5-19-37(32(39)34-28-8-6-7-27(22-28)33-24(2)38)29-17-20-36(21-18-29)23-25-9-13-30(14-10-25)42-31-15-11-26(12-16-31)35-43(3,40)41/h6-16,22,29,35H,4-5,17-21,23H2,1-3H3,(H,33,38)(H,34,39). The Morgan fingerprint density at radius 1 is 0.907 bits per heavy atom. The van der Waals surface area contributed by atoms with Crippen LogP contribution in [0.15, 0.2) is 72.8 Å². The zero-order chi connectivity index (χ0) is 30.8. The highest BCUT2D eigenvalue weighted by atomic mass is 32.2. The summed E-state index contributed by atoms with van der Waals surface area (Å²) < 4.78 is 31.1. The van der Waals surface area contributed by atoms with E-state index in [1.54, 1.807) is 36.4 Å². The van der Waals surface area contributed by atoms with Crippen molar-refractivity contribution in [1.82, 2.24) is 9.80 Å². The van der Waals surface area contributed by atoms with Crippen LogP contribution in [0.2, 0.25) is 0 Å². The van der Waals surface area contributed by atoms with Crippen molar-refractivity contribution in [3.05, 3.63) is 78.4 Å². The molecule has 4 rings (SSSR count). The molecule has 0 saturated carbocycles. The maximum Gasteiger partial charge on any atom is 0.322 e. The van der Waals surface area contributed by atoms with Crippen molar-refractivity contribution >= 4 is 39.0 Å². The van der Waals surface area contributed by atoms with Gasteiger partial charge in [0.15, 0.2) is 0 Å². The Balaban J connectivity index is 1.28. The van der Waals surface area contributed by atoms with Gasteiger partial charge in [0.05, 0.1) is 6.26 Å². The molecule has 0 aromatic heterocycles. The lowest BCUT2D eigenvalue weighted by Crippen LogP contribution is -2.49. The van der Waals surface area contributed by atoms with Gasteiger partial charge in [0.25, 0.3) is 0 Å². The van der Waals surface area contributed by atoms with Crippen molar-refractivity contribution in [3.8, 4) is 11.5 Å². The Kier molecular flexibility index (Phi) is 11.0. The molecule has 1 heterocycles. The van der Waals surface area contributed by atoms with E-state index >= 15 is 0 Å². The molecule has 0 spiro atoms. The van der Waals surface area contributed by atoms with E-state index in [2.05, 4.69) is 39.3 Å². The van der Waals surface area contributed by atoms with Crippen molar-refractivity contribution in [1.29, 1.82) is 0 Å². The molecule has 3 N–H and O–H groups in total. The summed E-state index contributed by atoms with van der Waals surface area (Å²) in [5.41, 5.74) is 2.97. The van der Waals surface area contributed by atoms with Gasteiger partial charge in [-0.25, -0.2) is 13.2 Å². The number of likely N-dealkylation sites (tertiary alicyclic amines) is 1. The second kappa shape index (κ2) is 14.9. The lowest BCUT2D eigenvalue weighted by atomic mass is 10.0. The highest BCUT2D eigenvalue weighted by molar-refractivity contribution is 7.92. The number of carbonyl (C=O) groups is 2. The Bertz CT molecular complexity index is 1470. The quantitative estimate of drug-likeness (QED) is 0.229. The van der Waals surface area contributed by atoms with Crippen LogP contribution in [0, 0.1) is 0 Å². The van der Waals surface area contributed by atoms with Crippen LogP contribution in [0.4, 0.5) is 21.9 Å². The lowest BCUT2D eigenvalue weighted by molar-refractivity contribution is -0.114. The zero-order valence-corrected chi connectivity index (χ0v) is 25.8. The average molecular weight is 608 g/mol. The first kappa shape index (κ1) is 31.8. The third-order valence-electron chi connectivity index (χ3n) is 7.17. The number of unbranched alkanes of at least 4 members (excludes halogenated alkanes) is 1. The van der Waals surface area contributed by atoms with Crippen LogP contribution in [0.25, 0.3) is 0 Å². The number of rotatable bonds is 12. The van der Waals surface area contributed by atoms with Gasteiger partial charge in [-0.15, -0.1) is 0 Å². The molecule has 1 aliphatic heterocycles. The van der Waals surface area contributed by atoms with Crippen LogP contribution in [-0.4, -0.2) is 62.1 Å². The van der Waals surface area contributed by atoms with E-state index in [4.69, 9.17) is 4.74 Å². The van der Waals surface area contributed by atoms with E-state index < -0.39 is 10.0 Å². The van der Waals surface area contributed by atoms with Crippen LogP contribution in [0.5, 0.6) is 11.5 Å². The van der Waals surface area contributed by atoms with Gasteiger partial charge in [-0.1, -0.05) is 31.5 Å². The van der Waals surface area contributed by atoms with Crippen molar-refractivity contribution in [2.45, 2.75) is 52.1 Å². The molecule has 3 aromatic carbocycles. The van der Waals surface area contributed by atoms with Crippen LogP contribution >= 0.6 is 0 Å². The second-order valence-corrected chi connectivity index (χ2v) is 12.6. The molecule has 0 atom stereocenters. The SMILES string of the molecule is CCCCN(C(=O)Nc1cccc(NC(C)=O)c1)C1CCN(Cc2ccc(Oc3ccc(NS(C)(=O)=O)cc3)cc2)CC1. The number of nitrogens with one attached hydrogen (secondary N) is 3. The molecule has 1 fully saturated rings. The van der Waals surface area contributed by atoms with Crippen molar-refractivity contribution in [3.63, 3.8) is 0 Å². The van der Waals surface area contributed by atoms with Crippen LogP contribution in [0.1, 0.15) is 45.1 Å². The van der Waals surface area contributed by atoms with Gasteiger partial charge in [-0.05, 0) is 79.4 Å². The summed E-state index contributed by atoms with van der Waals surface area (Å²) in [6.07, 6.45) is 4.85. The second-order valence-electron chi connectivity index (χ2n) is 10.9. The minimum atomic E-state index is -3.32. The fraction of sp³-hybridized carbons (Fsp3) is 0.375. The number of hydrogen-bond acceptors (Lipinski definition) is 6. The van der Waals surface area contributed by atoms with Crippen molar-refractivity contribution in [2.24, 2.45) is 0 Å². The van der Waals surface area contributed by atoms with Crippen LogP contribution < -0.4 is 20.1 Å². The fourth-order valence-corrected chi connectivity index (χ4v) is 5.67. The molecule has 11 heteroatoms. The summed E-state index contributed by atoms with van der Waals surface area (Å²) in [6.45, 7) is 6.89. The first-order chi connectivity index (χ1) is 20.6. The maximum absolute atomic E-state index is 13.3. The number of benzene rings is 3. The van der Waals surface area contributed by atoms with Gasteiger partial charge in [-0.2, -0.15) is 0 Å². The highest BCUT2D eigenvalue weighted by Gasteiger charge is 2.28. The predicted octanol–water partition coefficient (Wildman–Crippen LogP) is 6.11. The van der Waals surface area contributed by atoms with Crippen molar-refractivity contribution in [2.75, 3.05) is 41.2 Å².